The summed E-state index contributed by atoms with van der Waals surface area (Å²) in [5.74, 6) is 1.80. The van der Waals surface area contributed by atoms with Gasteiger partial charge in [-0.05, 0) is 54.1 Å². The standard InChI is InChI=1S/C26H21FN4O3S/c1-2-16-29-35(33,34)23-14-10-21(11-15-23)26(32)30-25-24(20-8-12-22(27)13-9-20)28-18-31(25)17-19-6-4-3-5-7-19/h1,3-15,18,29H,16-17H2,(H,30,32). The van der Waals surface area contributed by atoms with E-state index in [4.69, 9.17) is 6.42 Å². The van der Waals surface area contributed by atoms with Gasteiger partial charge >= 0.3 is 0 Å². The maximum absolute atomic E-state index is 13.5. The summed E-state index contributed by atoms with van der Waals surface area (Å²) >= 11 is 0. The molecule has 0 fully saturated rings. The van der Waals surface area contributed by atoms with Crippen molar-refractivity contribution in [3.8, 4) is 23.6 Å². The maximum Gasteiger partial charge on any atom is 0.256 e. The van der Waals surface area contributed by atoms with Crippen molar-refractivity contribution in [3.63, 3.8) is 0 Å². The molecule has 0 bridgehead atoms. The smallest absolute Gasteiger partial charge is 0.256 e. The summed E-state index contributed by atoms with van der Waals surface area (Å²) < 4.78 is 42.0. The van der Waals surface area contributed by atoms with Crippen LogP contribution >= 0.6 is 0 Å². The molecule has 0 aliphatic carbocycles. The van der Waals surface area contributed by atoms with Gasteiger partial charge in [-0.15, -0.1) is 6.42 Å². The summed E-state index contributed by atoms with van der Waals surface area (Å²) in [4.78, 5) is 17.5. The molecule has 9 heteroatoms. The molecule has 3 aromatic carbocycles. The lowest BCUT2D eigenvalue weighted by atomic mass is 10.1. The van der Waals surface area contributed by atoms with E-state index in [1.165, 1.54) is 36.4 Å². The highest BCUT2D eigenvalue weighted by atomic mass is 32.2. The first-order valence-corrected chi connectivity index (χ1v) is 12.1. The second-order valence-corrected chi connectivity index (χ2v) is 9.34. The molecule has 1 aromatic heterocycles. The van der Waals surface area contributed by atoms with Gasteiger partial charge in [-0.1, -0.05) is 36.3 Å². The Labute approximate surface area is 202 Å². The third-order valence-corrected chi connectivity index (χ3v) is 6.59. The fraction of sp³-hybridized carbons (Fsp3) is 0.0769. The van der Waals surface area contributed by atoms with E-state index in [2.05, 4.69) is 20.9 Å². The minimum atomic E-state index is -3.77. The Morgan fingerprint density at radius 3 is 2.34 bits per heavy atom. The van der Waals surface area contributed by atoms with Crippen LogP contribution in [0.4, 0.5) is 10.2 Å². The predicted molar refractivity (Wildman–Crippen MR) is 132 cm³/mol. The second-order valence-electron chi connectivity index (χ2n) is 7.57. The van der Waals surface area contributed by atoms with Gasteiger partial charge in [0.1, 0.15) is 17.3 Å². The summed E-state index contributed by atoms with van der Waals surface area (Å²) in [6, 6.07) is 21.0. The molecule has 0 unspecified atom stereocenters. The number of halogens is 1. The third-order valence-electron chi connectivity index (χ3n) is 5.17. The van der Waals surface area contributed by atoms with E-state index in [0.717, 1.165) is 5.56 Å². The lowest BCUT2D eigenvalue weighted by Crippen LogP contribution is -2.24. The number of benzene rings is 3. The number of hydrogen-bond donors (Lipinski definition) is 2. The van der Waals surface area contributed by atoms with Crippen LogP contribution in [0, 0.1) is 18.2 Å². The number of rotatable bonds is 8. The summed E-state index contributed by atoms with van der Waals surface area (Å²) in [5, 5.41) is 2.88. The van der Waals surface area contributed by atoms with Gasteiger partial charge in [0.25, 0.3) is 5.91 Å². The van der Waals surface area contributed by atoms with Gasteiger partial charge in [-0.25, -0.2) is 17.8 Å². The van der Waals surface area contributed by atoms with Gasteiger partial charge in [0.2, 0.25) is 10.0 Å². The van der Waals surface area contributed by atoms with Crippen molar-refractivity contribution in [1.29, 1.82) is 0 Å². The summed E-state index contributed by atoms with van der Waals surface area (Å²) in [5.41, 5.74) is 2.36. The molecule has 7 nitrogen and oxygen atoms in total. The molecule has 0 radical (unpaired) electrons. The first kappa shape index (κ1) is 23.9. The van der Waals surface area contributed by atoms with Gasteiger partial charge in [-0.2, -0.15) is 4.72 Å². The SMILES string of the molecule is C#CCNS(=O)(=O)c1ccc(C(=O)Nc2c(-c3ccc(F)cc3)ncn2Cc2ccccc2)cc1. The van der Waals surface area contributed by atoms with Crippen LogP contribution in [0.3, 0.4) is 0 Å². The van der Waals surface area contributed by atoms with E-state index < -0.39 is 15.9 Å². The maximum atomic E-state index is 13.5. The number of sulfonamides is 1. The topological polar surface area (TPSA) is 93.1 Å². The highest BCUT2D eigenvalue weighted by Crippen LogP contribution is 2.28. The molecule has 0 aliphatic rings. The van der Waals surface area contributed by atoms with Crippen molar-refractivity contribution in [2.75, 3.05) is 11.9 Å². The van der Waals surface area contributed by atoms with Crippen LogP contribution in [0.15, 0.2) is 90.1 Å². The fourth-order valence-corrected chi connectivity index (χ4v) is 4.35. The quantitative estimate of drug-likeness (QED) is 0.368. The Morgan fingerprint density at radius 2 is 1.69 bits per heavy atom. The number of terminal acetylenes is 1. The highest BCUT2D eigenvalue weighted by molar-refractivity contribution is 7.89. The van der Waals surface area contributed by atoms with Crippen molar-refractivity contribution in [2.45, 2.75) is 11.4 Å². The molecule has 0 aliphatic heterocycles. The van der Waals surface area contributed by atoms with Crippen molar-refractivity contribution in [2.24, 2.45) is 0 Å². The number of carbonyl (C=O) groups is 1. The van der Waals surface area contributed by atoms with E-state index in [1.54, 1.807) is 23.0 Å². The van der Waals surface area contributed by atoms with Gasteiger partial charge in [0.15, 0.2) is 0 Å². The lowest BCUT2D eigenvalue weighted by Gasteiger charge is -2.12. The Hall–Kier alpha value is -4.26. The van der Waals surface area contributed by atoms with Crippen molar-refractivity contribution in [1.82, 2.24) is 14.3 Å². The Balaban J connectivity index is 1.64. The molecule has 0 atom stereocenters. The molecule has 1 amide bonds. The van der Waals surface area contributed by atoms with Crippen molar-refractivity contribution < 1.29 is 17.6 Å². The average molecular weight is 489 g/mol. The molecule has 1 heterocycles. The van der Waals surface area contributed by atoms with Crippen molar-refractivity contribution in [3.05, 3.63) is 102 Å². The molecule has 35 heavy (non-hydrogen) atoms. The number of aromatic nitrogens is 2. The third kappa shape index (κ3) is 5.63. The number of carbonyl (C=O) groups excluding carboxylic acids is 1. The second kappa shape index (κ2) is 10.3. The summed E-state index contributed by atoms with van der Waals surface area (Å²) in [6.45, 7) is 0.310. The van der Waals surface area contributed by atoms with Crippen LogP contribution in [0.25, 0.3) is 11.3 Å². The molecule has 176 valence electrons. The average Bonchev–Trinajstić information content (AvgIpc) is 3.25. The first-order chi connectivity index (χ1) is 16.9. The van der Waals surface area contributed by atoms with Crippen LogP contribution < -0.4 is 10.0 Å². The molecule has 0 saturated carbocycles. The van der Waals surface area contributed by atoms with Gasteiger partial charge < -0.3 is 9.88 Å². The molecular formula is C26H21FN4O3S. The number of imidazole rings is 1. The zero-order chi connectivity index (χ0) is 24.8. The summed E-state index contributed by atoms with van der Waals surface area (Å²) in [7, 11) is -3.77. The lowest BCUT2D eigenvalue weighted by molar-refractivity contribution is 0.102. The Bertz CT molecular complexity index is 1470. The number of hydrogen-bond acceptors (Lipinski definition) is 4. The number of amides is 1. The fourth-order valence-electron chi connectivity index (χ4n) is 3.42. The number of anilines is 1. The molecule has 4 aromatic rings. The normalized spacial score (nSPS) is 11.1. The van der Waals surface area contributed by atoms with Crippen LogP contribution in [0.2, 0.25) is 0 Å². The Morgan fingerprint density at radius 1 is 1.00 bits per heavy atom. The minimum Gasteiger partial charge on any atom is -0.312 e. The predicted octanol–water partition coefficient (Wildman–Crippen LogP) is 3.90. The first-order valence-electron chi connectivity index (χ1n) is 10.6. The number of nitrogens with zero attached hydrogens (tertiary/aromatic N) is 2. The summed E-state index contributed by atoms with van der Waals surface area (Å²) in [6.07, 6.45) is 6.71. The largest absolute Gasteiger partial charge is 0.312 e. The monoisotopic (exact) mass is 488 g/mol. The van der Waals surface area contributed by atoms with Gasteiger partial charge in [-0.3, -0.25) is 4.79 Å². The van der Waals surface area contributed by atoms with Crippen molar-refractivity contribution >= 4 is 21.7 Å². The molecule has 2 N–H and O–H groups in total. The zero-order valence-electron chi connectivity index (χ0n) is 18.5. The minimum absolute atomic E-state index is 0.00887. The molecule has 0 spiro atoms. The Kier molecular flexibility index (Phi) is 7.06. The van der Waals surface area contributed by atoms with E-state index >= 15 is 0 Å². The van der Waals surface area contributed by atoms with Crippen LogP contribution in [-0.2, 0) is 16.6 Å². The van der Waals surface area contributed by atoms with E-state index in [9.17, 15) is 17.6 Å². The molecule has 4 rings (SSSR count). The van der Waals surface area contributed by atoms with Gasteiger partial charge in [0, 0.05) is 11.1 Å². The van der Waals surface area contributed by atoms with Crippen LogP contribution in [0.5, 0.6) is 0 Å². The zero-order valence-corrected chi connectivity index (χ0v) is 19.3. The van der Waals surface area contributed by atoms with E-state index in [1.807, 2.05) is 30.3 Å². The van der Waals surface area contributed by atoms with Crippen LogP contribution in [0.1, 0.15) is 15.9 Å². The number of nitrogens with one attached hydrogen (secondary N) is 2. The van der Waals surface area contributed by atoms with E-state index in [-0.39, 0.29) is 22.8 Å². The van der Waals surface area contributed by atoms with Gasteiger partial charge in [0.05, 0.1) is 24.3 Å². The highest BCUT2D eigenvalue weighted by Gasteiger charge is 2.18. The van der Waals surface area contributed by atoms with Crippen LogP contribution in [-0.4, -0.2) is 30.4 Å². The molecular weight excluding hydrogens is 467 g/mol. The van der Waals surface area contributed by atoms with E-state index in [0.29, 0.717) is 23.6 Å². The molecule has 0 saturated heterocycles.